The second-order valence-electron chi connectivity index (χ2n) is 5.24. The summed E-state index contributed by atoms with van der Waals surface area (Å²) in [5, 5.41) is 1.12. The Morgan fingerprint density at radius 3 is 3.05 bits per heavy atom. The van der Waals surface area contributed by atoms with E-state index in [1.165, 1.54) is 23.4 Å². The highest BCUT2D eigenvalue weighted by Crippen LogP contribution is 2.44. The van der Waals surface area contributed by atoms with E-state index in [9.17, 15) is 0 Å². The lowest BCUT2D eigenvalue weighted by molar-refractivity contribution is 0.559. The first-order valence-corrected chi connectivity index (χ1v) is 7.61. The molecule has 2 aromatic rings. The molecule has 0 unspecified atom stereocenters. The van der Waals surface area contributed by atoms with E-state index in [-0.39, 0.29) is 0 Å². The molecule has 1 saturated carbocycles. The molecule has 3 heterocycles. The number of anilines is 1. The second-order valence-corrected chi connectivity index (χ2v) is 6.30. The van der Waals surface area contributed by atoms with Gasteiger partial charge in [0.1, 0.15) is 5.82 Å². The van der Waals surface area contributed by atoms with E-state index < -0.39 is 0 Å². The molecule has 19 heavy (non-hydrogen) atoms. The fraction of sp³-hybridized carbons (Fsp3) is 0.538. The van der Waals surface area contributed by atoms with Crippen LogP contribution < -0.4 is 10.6 Å². The summed E-state index contributed by atoms with van der Waals surface area (Å²) in [6.45, 7) is 3.47. The topological polar surface area (TPSA) is 60.0 Å². The Morgan fingerprint density at radius 1 is 1.37 bits per heavy atom. The number of nitrogens with zero attached hydrogens (tertiary/aromatic N) is 4. The normalized spacial score (nSPS) is 18.7. The van der Waals surface area contributed by atoms with Crippen molar-refractivity contribution in [3.8, 4) is 0 Å². The third-order valence-electron chi connectivity index (χ3n) is 3.88. The summed E-state index contributed by atoms with van der Waals surface area (Å²) >= 11 is 1.76. The summed E-state index contributed by atoms with van der Waals surface area (Å²) in [5.41, 5.74) is 7.12. The van der Waals surface area contributed by atoms with Gasteiger partial charge in [-0.15, -0.1) is 11.3 Å². The minimum atomic E-state index is 0.617. The average Bonchev–Trinajstić information content (AvgIpc) is 3.03. The Balaban J connectivity index is 1.63. The van der Waals surface area contributed by atoms with Gasteiger partial charge in [-0.1, -0.05) is 0 Å². The van der Waals surface area contributed by atoms with Crippen LogP contribution in [0.25, 0.3) is 0 Å². The molecular formula is C13H17N5S. The standard InChI is InChI=1S/C13H17N5S/c14-7-10-12(9-1-2-9)16-13(19-10)18-6-5-17-4-3-15-11(17)8-18/h3-4,9H,1-2,5-8,14H2. The molecule has 0 spiro atoms. The smallest absolute Gasteiger partial charge is 0.186 e. The zero-order chi connectivity index (χ0) is 12.8. The summed E-state index contributed by atoms with van der Waals surface area (Å²) in [7, 11) is 0. The predicted octanol–water partition coefficient (Wildman–Crippen LogP) is 1.70. The maximum Gasteiger partial charge on any atom is 0.186 e. The lowest BCUT2D eigenvalue weighted by Crippen LogP contribution is -2.33. The molecule has 0 bridgehead atoms. The van der Waals surface area contributed by atoms with Gasteiger partial charge >= 0.3 is 0 Å². The summed E-state index contributed by atoms with van der Waals surface area (Å²) < 4.78 is 2.22. The van der Waals surface area contributed by atoms with E-state index in [4.69, 9.17) is 10.7 Å². The lowest BCUT2D eigenvalue weighted by atomic mass is 10.2. The first kappa shape index (κ1) is 11.4. The van der Waals surface area contributed by atoms with Crippen LogP contribution in [0.2, 0.25) is 0 Å². The molecular weight excluding hydrogens is 258 g/mol. The van der Waals surface area contributed by atoms with Crippen LogP contribution in [0.3, 0.4) is 0 Å². The van der Waals surface area contributed by atoms with Crippen LogP contribution in [0.4, 0.5) is 5.13 Å². The van der Waals surface area contributed by atoms with E-state index in [1.54, 1.807) is 11.3 Å². The van der Waals surface area contributed by atoms with Crippen LogP contribution in [0.1, 0.15) is 35.2 Å². The Morgan fingerprint density at radius 2 is 2.26 bits per heavy atom. The molecule has 2 aromatic heterocycles. The predicted molar refractivity (Wildman–Crippen MR) is 75.3 cm³/mol. The van der Waals surface area contributed by atoms with Crippen LogP contribution >= 0.6 is 11.3 Å². The lowest BCUT2D eigenvalue weighted by Gasteiger charge is -2.27. The van der Waals surface area contributed by atoms with Gasteiger partial charge in [-0.2, -0.15) is 0 Å². The second kappa shape index (κ2) is 4.31. The number of hydrogen-bond donors (Lipinski definition) is 1. The van der Waals surface area contributed by atoms with Gasteiger partial charge in [-0.3, -0.25) is 0 Å². The summed E-state index contributed by atoms with van der Waals surface area (Å²) in [6, 6.07) is 0. The summed E-state index contributed by atoms with van der Waals surface area (Å²) in [4.78, 5) is 12.9. The maximum absolute atomic E-state index is 5.85. The molecule has 0 atom stereocenters. The highest BCUT2D eigenvalue weighted by atomic mass is 32.1. The Labute approximate surface area is 116 Å². The van der Waals surface area contributed by atoms with Crippen molar-refractivity contribution >= 4 is 16.5 Å². The third-order valence-corrected chi connectivity index (χ3v) is 5.04. The molecule has 1 aliphatic heterocycles. The molecule has 0 radical (unpaired) electrons. The van der Waals surface area contributed by atoms with Crippen molar-refractivity contribution in [3.05, 3.63) is 28.8 Å². The maximum atomic E-state index is 5.85. The first-order chi connectivity index (χ1) is 9.35. The number of hydrogen-bond acceptors (Lipinski definition) is 5. The van der Waals surface area contributed by atoms with Gasteiger partial charge in [-0.25, -0.2) is 9.97 Å². The molecule has 0 saturated heterocycles. The van der Waals surface area contributed by atoms with Crippen molar-refractivity contribution in [1.29, 1.82) is 0 Å². The Hall–Kier alpha value is -1.40. The molecule has 4 rings (SSSR count). The van der Waals surface area contributed by atoms with Crippen LogP contribution in [0, 0.1) is 0 Å². The molecule has 0 aromatic carbocycles. The highest BCUT2D eigenvalue weighted by Gasteiger charge is 2.30. The SMILES string of the molecule is NCc1sc(N2CCn3ccnc3C2)nc1C1CC1. The number of thiazole rings is 1. The number of rotatable bonds is 3. The fourth-order valence-electron chi connectivity index (χ4n) is 2.64. The van der Waals surface area contributed by atoms with Crippen molar-refractivity contribution in [2.45, 2.75) is 38.4 Å². The fourth-order valence-corrected chi connectivity index (χ4v) is 3.69. The van der Waals surface area contributed by atoms with Crippen LogP contribution in [0.15, 0.2) is 12.4 Å². The molecule has 0 amide bonds. The first-order valence-electron chi connectivity index (χ1n) is 6.80. The van der Waals surface area contributed by atoms with Gasteiger partial charge in [0.05, 0.1) is 12.2 Å². The largest absolute Gasteiger partial charge is 0.339 e. The summed E-state index contributed by atoms with van der Waals surface area (Å²) in [6.07, 6.45) is 6.48. The molecule has 2 aliphatic rings. The van der Waals surface area contributed by atoms with Crippen molar-refractivity contribution in [2.75, 3.05) is 11.4 Å². The van der Waals surface area contributed by atoms with Crippen LogP contribution in [-0.4, -0.2) is 21.1 Å². The number of imidazole rings is 1. The van der Waals surface area contributed by atoms with Gasteiger partial charge < -0.3 is 15.2 Å². The quantitative estimate of drug-likeness (QED) is 0.926. The monoisotopic (exact) mass is 275 g/mol. The van der Waals surface area contributed by atoms with E-state index >= 15 is 0 Å². The average molecular weight is 275 g/mol. The third kappa shape index (κ3) is 1.95. The number of nitrogens with two attached hydrogens (primary N) is 1. The van der Waals surface area contributed by atoms with Gasteiger partial charge in [-0.05, 0) is 12.8 Å². The Kier molecular flexibility index (Phi) is 2.60. The molecule has 1 fully saturated rings. The van der Waals surface area contributed by atoms with Gasteiger partial charge in [0, 0.05) is 42.8 Å². The minimum Gasteiger partial charge on any atom is -0.339 e. The van der Waals surface area contributed by atoms with Gasteiger partial charge in [0.2, 0.25) is 0 Å². The van der Waals surface area contributed by atoms with Gasteiger partial charge in [0.15, 0.2) is 5.13 Å². The van der Waals surface area contributed by atoms with Crippen LogP contribution in [-0.2, 0) is 19.6 Å². The van der Waals surface area contributed by atoms with Crippen LogP contribution in [0.5, 0.6) is 0 Å². The van der Waals surface area contributed by atoms with Crippen molar-refractivity contribution < 1.29 is 0 Å². The number of fused-ring (bicyclic) bond motifs is 1. The van der Waals surface area contributed by atoms with Crippen molar-refractivity contribution in [3.63, 3.8) is 0 Å². The van der Waals surface area contributed by atoms with E-state index in [2.05, 4.69) is 20.6 Å². The summed E-state index contributed by atoms with van der Waals surface area (Å²) in [5.74, 6) is 1.80. The molecule has 2 N–H and O–H groups in total. The van der Waals surface area contributed by atoms with Crippen molar-refractivity contribution in [1.82, 2.24) is 14.5 Å². The molecule has 100 valence electrons. The molecule has 5 nitrogen and oxygen atoms in total. The molecule has 1 aliphatic carbocycles. The zero-order valence-electron chi connectivity index (χ0n) is 10.7. The van der Waals surface area contributed by atoms with Crippen molar-refractivity contribution in [2.24, 2.45) is 5.73 Å². The highest BCUT2D eigenvalue weighted by molar-refractivity contribution is 7.15. The van der Waals surface area contributed by atoms with E-state index in [0.29, 0.717) is 12.5 Å². The Bertz CT molecular complexity index is 598. The van der Waals surface area contributed by atoms with Gasteiger partial charge in [0.25, 0.3) is 0 Å². The van der Waals surface area contributed by atoms with E-state index in [0.717, 1.165) is 30.6 Å². The van der Waals surface area contributed by atoms with E-state index in [1.807, 2.05) is 6.20 Å². The zero-order valence-corrected chi connectivity index (χ0v) is 11.6. The minimum absolute atomic E-state index is 0.617. The molecule has 6 heteroatoms. The number of aromatic nitrogens is 3.